The summed E-state index contributed by atoms with van der Waals surface area (Å²) in [4.78, 5) is -0.0589. The quantitative estimate of drug-likeness (QED) is 0.879. The molecule has 2 rings (SSSR count). The highest BCUT2D eigenvalue weighted by Crippen LogP contribution is 2.26. The molecule has 0 fully saturated rings. The largest absolute Gasteiger partial charge is 0.496 e. The van der Waals surface area contributed by atoms with E-state index >= 15 is 0 Å². The average molecular weight is 295 g/mol. The molecule has 0 saturated carbocycles. The standard InChI is InChI=1S/C14H14FNO3S/c1-19-14-8-12(16)6-5-10(14)9-20(17,18)13-4-2-3-11(15)7-13/h2-8H,9,16H2,1H3. The van der Waals surface area contributed by atoms with Gasteiger partial charge in [0.1, 0.15) is 11.6 Å². The Balaban J connectivity index is 2.38. The van der Waals surface area contributed by atoms with Crippen LogP contribution >= 0.6 is 0 Å². The van der Waals surface area contributed by atoms with E-state index in [9.17, 15) is 12.8 Å². The molecule has 0 amide bonds. The van der Waals surface area contributed by atoms with Gasteiger partial charge in [0, 0.05) is 17.3 Å². The van der Waals surface area contributed by atoms with Gasteiger partial charge in [-0.15, -0.1) is 0 Å². The highest BCUT2D eigenvalue weighted by Gasteiger charge is 2.18. The smallest absolute Gasteiger partial charge is 0.182 e. The summed E-state index contributed by atoms with van der Waals surface area (Å²) in [7, 11) is -2.20. The predicted octanol–water partition coefficient (Wildman–Crippen LogP) is 2.39. The lowest BCUT2D eigenvalue weighted by molar-refractivity contribution is 0.411. The van der Waals surface area contributed by atoms with Crippen LogP contribution in [0, 0.1) is 5.82 Å². The highest BCUT2D eigenvalue weighted by atomic mass is 32.2. The lowest BCUT2D eigenvalue weighted by atomic mass is 10.2. The number of nitrogens with two attached hydrogens (primary N) is 1. The summed E-state index contributed by atoms with van der Waals surface area (Å²) in [5, 5.41) is 0. The van der Waals surface area contributed by atoms with Gasteiger partial charge in [-0.3, -0.25) is 0 Å². The van der Waals surface area contributed by atoms with E-state index in [1.807, 2.05) is 0 Å². The molecule has 2 N–H and O–H groups in total. The topological polar surface area (TPSA) is 69.4 Å². The molecule has 2 aromatic carbocycles. The van der Waals surface area contributed by atoms with Gasteiger partial charge in [0.25, 0.3) is 0 Å². The van der Waals surface area contributed by atoms with Crippen LogP contribution in [-0.4, -0.2) is 15.5 Å². The Labute approximate surface area is 116 Å². The Hall–Kier alpha value is -2.08. The molecule has 0 radical (unpaired) electrons. The number of hydrogen-bond donors (Lipinski definition) is 1. The Morgan fingerprint density at radius 3 is 2.60 bits per heavy atom. The van der Waals surface area contributed by atoms with Gasteiger partial charge in [0.15, 0.2) is 9.84 Å². The van der Waals surface area contributed by atoms with Crippen LogP contribution in [-0.2, 0) is 15.6 Å². The van der Waals surface area contributed by atoms with E-state index in [0.29, 0.717) is 17.0 Å². The second-order valence-electron chi connectivity index (χ2n) is 4.29. The zero-order chi connectivity index (χ0) is 14.8. The van der Waals surface area contributed by atoms with Gasteiger partial charge in [-0.25, -0.2) is 12.8 Å². The minimum atomic E-state index is -3.64. The molecule has 0 spiro atoms. The molecule has 0 aliphatic carbocycles. The number of sulfone groups is 1. The van der Waals surface area contributed by atoms with Crippen molar-refractivity contribution in [2.45, 2.75) is 10.6 Å². The van der Waals surface area contributed by atoms with Crippen molar-refractivity contribution in [1.82, 2.24) is 0 Å². The van der Waals surface area contributed by atoms with Crippen molar-refractivity contribution in [3.63, 3.8) is 0 Å². The van der Waals surface area contributed by atoms with Crippen LogP contribution in [0.15, 0.2) is 47.4 Å². The summed E-state index contributed by atoms with van der Waals surface area (Å²) in [6.45, 7) is 0. The molecule has 0 aliphatic heterocycles. The van der Waals surface area contributed by atoms with Crippen LogP contribution in [0.1, 0.15) is 5.56 Å². The summed E-state index contributed by atoms with van der Waals surface area (Å²) in [5.74, 6) is -0.472. The summed E-state index contributed by atoms with van der Waals surface area (Å²) < 4.78 is 42.7. The van der Waals surface area contributed by atoms with Crippen molar-refractivity contribution < 1.29 is 17.5 Å². The Kier molecular flexibility index (Phi) is 3.94. The molecule has 4 nitrogen and oxygen atoms in total. The Morgan fingerprint density at radius 1 is 1.20 bits per heavy atom. The number of hydrogen-bond acceptors (Lipinski definition) is 4. The van der Waals surface area contributed by atoms with Crippen molar-refractivity contribution >= 4 is 15.5 Å². The van der Waals surface area contributed by atoms with Crippen molar-refractivity contribution in [1.29, 1.82) is 0 Å². The Bertz CT molecular complexity index is 729. The summed E-state index contributed by atoms with van der Waals surface area (Å²) in [6, 6.07) is 9.66. The first-order chi connectivity index (χ1) is 9.42. The zero-order valence-electron chi connectivity index (χ0n) is 10.8. The van der Waals surface area contributed by atoms with Crippen LogP contribution in [0.4, 0.5) is 10.1 Å². The number of rotatable bonds is 4. The fourth-order valence-electron chi connectivity index (χ4n) is 1.83. The third-order valence-electron chi connectivity index (χ3n) is 2.81. The van der Waals surface area contributed by atoms with E-state index in [1.54, 1.807) is 18.2 Å². The van der Waals surface area contributed by atoms with Gasteiger partial charge < -0.3 is 10.5 Å². The van der Waals surface area contributed by atoms with Crippen molar-refractivity contribution in [2.75, 3.05) is 12.8 Å². The van der Waals surface area contributed by atoms with E-state index in [4.69, 9.17) is 10.5 Å². The zero-order valence-corrected chi connectivity index (χ0v) is 11.7. The molecular formula is C14H14FNO3S. The highest BCUT2D eigenvalue weighted by molar-refractivity contribution is 7.90. The van der Waals surface area contributed by atoms with Gasteiger partial charge in [0.05, 0.1) is 17.8 Å². The fourth-order valence-corrected chi connectivity index (χ4v) is 3.22. The molecular weight excluding hydrogens is 281 g/mol. The average Bonchev–Trinajstić information content (AvgIpc) is 2.40. The van der Waals surface area contributed by atoms with E-state index in [0.717, 1.165) is 6.07 Å². The second kappa shape index (κ2) is 5.50. The monoisotopic (exact) mass is 295 g/mol. The minimum absolute atomic E-state index is 0.0589. The van der Waals surface area contributed by atoms with E-state index in [2.05, 4.69) is 0 Å². The van der Waals surface area contributed by atoms with Crippen LogP contribution in [0.5, 0.6) is 5.75 Å². The third kappa shape index (κ3) is 3.08. The number of anilines is 1. The van der Waals surface area contributed by atoms with Crippen LogP contribution < -0.4 is 10.5 Å². The number of methoxy groups -OCH3 is 1. The lowest BCUT2D eigenvalue weighted by Crippen LogP contribution is -2.07. The van der Waals surface area contributed by atoms with Crippen LogP contribution in [0.2, 0.25) is 0 Å². The second-order valence-corrected chi connectivity index (χ2v) is 6.28. The van der Waals surface area contributed by atoms with E-state index < -0.39 is 15.7 Å². The maximum Gasteiger partial charge on any atom is 0.182 e. The summed E-state index contributed by atoms with van der Waals surface area (Å²) in [6.07, 6.45) is 0. The molecule has 0 bridgehead atoms. The first-order valence-electron chi connectivity index (χ1n) is 5.83. The number of benzene rings is 2. The van der Waals surface area contributed by atoms with Gasteiger partial charge in [-0.05, 0) is 24.3 Å². The molecule has 0 atom stereocenters. The first kappa shape index (κ1) is 14.3. The number of nitrogen functional groups attached to an aromatic ring is 1. The molecule has 0 unspecified atom stereocenters. The van der Waals surface area contributed by atoms with Crippen molar-refractivity contribution in [3.05, 3.63) is 53.8 Å². The predicted molar refractivity (Wildman–Crippen MR) is 74.7 cm³/mol. The maximum atomic E-state index is 13.1. The van der Waals surface area contributed by atoms with Gasteiger partial charge in [0.2, 0.25) is 0 Å². The molecule has 0 saturated heterocycles. The normalized spacial score (nSPS) is 11.3. The molecule has 106 valence electrons. The lowest BCUT2D eigenvalue weighted by Gasteiger charge is -2.10. The van der Waals surface area contributed by atoms with E-state index in [-0.39, 0.29) is 10.6 Å². The molecule has 20 heavy (non-hydrogen) atoms. The van der Waals surface area contributed by atoms with Crippen molar-refractivity contribution in [2.24, 2.45) is 0 Å². The SMILES string of the molecule is COc1cc(N)ccc1CS(=O)(=O)c1cccc(F)c1. The molecule has 2 aromatic rings. The molecule has 0 aliphatic rings. The van der Waals surface area contributed by atoms with Gasteiger partial charge in [-0.2, -0.15) is 0 Å². The Morgan fingerprint density at radius 2 is 1.95 bits per heavy atom. The number of ether oxygens (including phenoxy) is 1. The summed E-state index contributed by atoms with van der Waals surface area (Å²) in [5.41, 5.74) is 6.58. The van der Waals surface area contributed by atoms with Crippen molar-refractivity contribution in [3.8, 4) is 5.75 Å². The van der Waals surface area contributed by atoms with E-state index in [1.165, 1.54) is 25.3 Å². The molecule has 0 aromatic heterocycles. The van der Waals surface area contributed by atoms with Crippen LogP contribution in [0.3, 0.4) is 0 Å². The van der Waals surface area contributed by atoms with Gasteiger partial charge >= 0.3 is 0 Å². The minimum Gasteiger partial charge on any atom is -0.496 e. The van der Waals surface area contributed by atoms with Crippen LogP contribution in [0.25, 0.3) is 0 Å². The number of halogens is 1. The van der Waals surface area contributed by atoms with Gasteiger partial charge in [-0.1, -0.05) is 12.1 Å². The fraction of sp³-hybridized carbons (Fsp3) is 0.143. The molecule has 0 heterocycles. The first-order valence-corrected chi connectivity index (χ1v) is 7.48. The third-order valence-corrected chi connectivity index (χ3v) is 4.48. The summed E-state index contributed by atoms with van der Waals surface area (Å²) >= 11 is 0. The molecule has 6 heteroatoms. The maximum absolute atomic E-state index is 13.1.